The Morgan fingerprint density at radius 1 is 1.29 bits per heavy atom. The highest BCUT2D eigenvalue weighted by atomic mass is 32.1. The third kappa shape index (κ3) is 5.11. The van der Waals surface area contributed by atoms with Crippen molar-refractivity contribution in [2.45, 2.75) is 26.3 Å². The summed E-state index contributed by atoms with van der Waals surface area (Å²) in [5.74, 6) is 0.450. The molecule has 28 heavy (non-hydrogen) atoms. The Labute approximate surface area is 171 Å². The number of benzene rings is 1. The van der Waals surface area contributed by atoms with Crippen LogP contribution in [-0.2, 0) is 24.2 Å². The molecule has 10 heteroatoms. The van der Waals surface area contributed by atoms with E-state index in [1.807, 2.05) is 17.6 Å². The van der Waals surface area contributed by atoms with Crippen LogP contribution >= 0.6 is 23.6 Å². The van der Waals surface area contributed by atoms with E-state index >= 15 is 0 Å². The number of aromatic amines is 1. The first-order chi connectivity index (χ1) is 13.6. The minimum absolute atomic E-state index is 0.136. The van der Waals surface area contributed by atoms with Gasteiger partial charge in [0.15, 0.2) is 9.90 Å². The summed E-state index contributed by atoms with van der Waals surface area (Å²) < 4.78 is 2.47. The molecule has 2 aromatic heterocycles. The van der Waals surface area contributed by atoms with Crippen molar-refractivity contribution >= 4 is 40.5 Å². The van der Waals surface area contributed by atoms with E-state index in [-0.39, 0.29) is 18.2 Å². The third-order valence-electron chi connectivity index (χ3n) is 3.97. The molecule has 1 aromatic carbocycles. The lowest BCUT2D eigenvalue weighted by molar-refractivity contribution is -0.120. The molecule has 0 saturated heterocycles. The summed E-state index contributed by atoms with van der Waals surface area (Å²) in [5.41, 5.74) is 1.17. The van der Waals surface area contributed by atoms with Crippen molar-refractivity contribution in [3.05, 3.63) is 57.6 Å². The number of hydrogen-bond donors (Lipinski definition) is 3. The lowest BCUT2D eigenvalue weighted by Gasteiger charge is -2.05. The van der Waals surface area contributed by atoms with Crippen LogP contribution in [-0.4, -0.2) is 38.1 Å². The topological polar surface area (TPSA) is 105 Å². The molecule has 0 spiro atoms. The van der Waals surface area contributed by atoms with Gasteiger partial charge in [-0.05, 0) is 31.3 Å². The minimum atomic E-state index is -0.227. The summed E-state index contributed by atoms with van der Waals surface area (Å²) in [5, 5.41) is 14.8. The van der Waals surface area contributed by atoms with Crippen LogP contribution in [0.3, 0.4) is 0 Å². The van der Waals surface area contributed by atoms with Gasteiger partial charge in [0, 0.05) is 30.5 Å². The molecule has 0 atom stereocenters. The molecule has 0 aliphatic heterocycles. The third-order valence-corrected chi connectivity index (χ3v) is 5.09. The number of rotatable bonds is 8. The fourth-order valence-electron chi connectivity index (χ4n) is 2.61. The standard InChI is InChI=1S/C18H20N6O2S2/c1-2-24-14(22-23-18(24)27)8-9-19-15(25)10-13-11-28-17(20-13)21-16(26)12-6-4-3-5-7-12/h3-7,11H,2,8-10H2,1H3,(H,19,25)(H,23,27)(H,20,21,26). The van der Waals surface area contributed by atoms with E-state index in [0.29, 0.717) is 34.1 Å². The number of carbonyl (C=O) groups is 2. The van der Waals surface area contributed by atoms with Crippen molar-refractivity contribution in [2.24, 2.45) is 0 Å². The van der Waals surface area contributed by atoms with Crippen LogP contribution in [0.2, 0.25) is 0 Å². The van der Waals surface area contributed by atoms with Crippen LogP contribution in [0.15, 0.2) is 35.7 Å². The molecule has 0 unspecified atom stereocenters. The first-order valence-corrected chi connectivity index (χ1v) is 10.1. The number of H-pyrrole nitrogens is 1. The molecule has 0 radical (unpaired) electrons. The second kappa shape index (κ2) is 9.38. The van der Waals surface area contributed by atoms with Gasteiger partial charge in [-0.1, -0.05) is 18.2 Å². The van der Waals surface area contributed by atoms with E-state index in [9.17, 15) is 9.59 Å². The zero-order valence-corrected chi connectivity index (χ0v) is 16.9. The van der Waals surface area contributed by atoms with Crippen LogP contribution < -0.4 is 10.6 Å². The molecule has 3 rings (SSSR count). The highest BCUT2D eigenvalue weighted by molar-refractivity contribution is 7.71. The number of amides is 2. The smallest absolute Gasteiger partial charge is 0.257 e. The Kier molecular flexibility index (Phi) is 6.66. The summed E-state index contributed by atoms with van der Waals surface area (Å²) in [6.07, 6.45) is 0.737. The monoisotopic (exact) mass is 416 g/mol. The fourth-order valence-corrected chi connectivity index (χ4v) is 3.60. The highest BCUT2D eigenvalue weighted by Crippen LogP contribution is 2.17. The van der Waals surface area contributed by atoms with Gasteiger partial charge in [-0.2, -0.15) is 5.10 Å². The van der Waals surface area contributed by atoms with Crippen molar-refractivity contribution in [1.82, 2.24) is 25.1 Å². The normalized spacial score (nSPS) is 10.6. The summed E-state index contributed by atoms with van der Waals surface area (Å²) in [4.78, 5) is 28.6. The van der Waals surface area contributed by atoms with Gasteiger partial charge in [0.2, 0.25) is 5.91 Å². The van der Waals surface area contributed by atoms with Gasteiger partial charge in [-0.3, -0.25) is 20.0 Å². The van der Waals surface area contributed by atoms with Crippen LogP contribution in [0.1, 0.15) is 28.8 Å². The van der Waals surface area contributed by atoms with E-state index in [1.165, 1.54) is 11.3 Å². The SMILES string of the molecule is CCn1c(CCNC(=O)Cc2csc(NC(=O)c3ccccc3)n2)n[nH]c1=S. The first-order valence-electron chi connectivity index (χ1n) is 8.78. The highest BCUT2D eigenvalue weighted by Gasteiger charge is 2.11. The molecule has 3 N–H and O–H groups in total. The zero-order valence-electron chi connectivity index (χ0n) is 15.3. The molecule has 8 nitrogen and oxygen atoms in total. The average Bonchev–Trinajstić information content (AvgIpc) is 3.28. The number of thiazole rings is 1. The molecule has 0 aliphatic carbocycles. The van der Waals surface area contributed by atoms with Crippen molar-refractivity contribution in [2.75, 3.05) is 11.9 Å². The van der Waals surface area contributed by atoms with Gasteiger partial charge in [0.05, 0.1) is 12.1 Å². The van der Waals surface area contributed by atoms with E-state index in [1.54, 1.807) is 29.6 Å². The van der Waals surface area contributed by atoms with Gasteiger partial charge in [0.1, 0.15) is 5.82 Å². The van der Waals surface area contributed by atoms with E-state index in [2.05, 4.69) is 25.8 Å². The quantitative estimate of drug-likeness (QED) is 0.490. The molecule has 146 valence electrons. The second-order valence-electron chi connectivity index (χ2n) is 5.93. The van der Waals surface area contributed by atoms with Crippen molar-refractivity contribution < 1.29 is 9.59 Å². The van der Waals surface area contributed by atoms with Gasteiger partial charge < -0.3 is 9.88 Å². The predicted octanol–water partition coefficient (Wildman–Crippen LogP) is 2.57. The van der Waals surface area contributed by atoms with Gasteiger partial charge >= 0.3 is 0 Å². The fraction of sp³-hybridized carbons (Fsp3) is 0.278. The Morgan fingerprint density at radius 3 is 2.82 bits per heavy atom. The first kappa shape index (κ1) is 19.9. The largest absolute Gasteiger partial charge is 0.355 e. The number of hydrogen-bond acceptors (Lipinski definition) is 6. The number of nitrogens with one attached hydrogen (secondary N) is 3. The lowest BCUT2D eigenvalue weighted by atomic mass is 10.2. The number of carbonyl (C=O) groups excluding carboxylic acids is 2. The maximum atomic E-state index is 12.1. The van der Waals surface area contributed by atoms with Gasteiger partial charge in [0.25, 0.3) is 5.91 Å². The Hall–Kier alpha value is -2.85. The van der Waals surface area contributed by atoms with E-state index < -0.39 is 0 Å². The van der Waals surface area contributed by atoms with E-state index in [0.717, 1.165) is 12.4 Å². The van der Waals surface area contributed by atoms with Crippen LogP contribution in [0.25, 0.3) is 0 Å². The molecule has 0 fully saturated rings. The molecular formula is C18H20N6O2S2. The Bertz CT molecular complexity index is 1010. The summed E-state index contributed by atoms with van der Waals surface area (Å²) >= 11 is 6.44. The Morgan fingerprint density at radius 2 is 2.07 bits per heavy atom. The average molecular weight is 417 g/mol. The molecule has 2 amide bonds. The molecule has 0 saturated carbocycles. The van der Waals surface area contributed by atoms with Gasteiger partial charge in [-0.15, -0.1) is 11.3 Å². The number of nitrogens with zero attached hydrogens (tertiary/aromatic N) is 3. The molecule has 0 aliphatic rings. The molecular weight excluding hydrogens is 396 g/mol. The maximum absolute atomic E-state index is 12.1. The van der Waals surface area contributed by atoms with Crippen molar-refractivity contribution in [3.8, 4) is 0 Å². The second-order valence-corrected chi connectivity index (χ2v) is 7.17. The number of aromatic nitrogens is 4. The van der Waals surface area contributed by atoms with Crippen LogP contribution in [0.5, 0.6) is 0 Å². The number of anilines is 1. The van der Waals surface area contributed by atoms with Crippen LogP contribution in [0.4, 0.5) is 5.13 Å². The maximum Gasteiger partial charge on any atom is 0.257 e. The lowest BCUT2D eigenvalue weighted by Crippen LogP contribution is -2.28. The van der Waals surface area contributed by atoms with E-state index in [4.69, 9.17) is 12.2 Å². The summed E-state index contributed by atoms with van der Waals surface area (Å²) in [7, 11) is 0. The Balaban J connectivity index is 1.47. The summed E-state index contributed by atoms with van der Waals surface area (Å²) in [6, 6.07) is 8.91. The summed E-state index contributed by atoms with van der Waals surface area (Å²) in [6.45, 7) is 3.18. The molecule has 3 aromatic rings. The minimum Gasteiger partial charge on any atom is -0.355 e. The molecule has 2 heterocycles. The zero-order chi connectivity index (χ0) is 19.9. The van der Waals surface area contributed by atoms with Crippen LogP contribution in [0, 0.1) is 4.77 Å². The molecule has 0 bridgehead atoms. The van der Waals surface area contributed by atoms with Gasteiger partial charge in [-0.25, -0.2) is 4.98 Å². The van der Waals surface area contributed by atoms with Crippen molar-refractivity contribution in [3.63, 3.8) is 0 Å². The predicted molar refractivity (Wildman–Crippen MR) is 110 cm³/mol. The van der Waals surface area contributed by atoms with Crippen molar-refractivity contribution in [1.29, 1.82) is 0 Å².